The van der Waals surface area contributed by atoms with E-state index in [1.807, 2.05) is 19.1 Å². The van der Waals surface area contributed by atoms with Crippen LogP contribution < -0.4 is 10.1 Å². The van der Waals surface area contributed by atoms with Gasteiger partial charge in [0.25, 0.3) is 0 Å². The van der Waals surface area contributed by atoms with Crippen LogP contribution in [-0.2, 0) is 9.53 Å². The van der Waals surface area contributed by atoms with E-state index in [0.717, 1.165) is 37.6 Å². The van der Waals surface area contributed by atoms with Gasteiger partial charge in [-0.3, -0.25) is 9.69 Å². The zero-order valence-corrected chi connectivity index (χ0v) is 16.0. The topological polar surface area (TPSA) is 50.8 Å². The zero-order chi connectivity index (χ0) is 18.2. The summed E-state index contributed by atoms with van der Waals surface area (Å²) in [5.41, 5.74) is 2.32. The van der Waals surface area contributed by atoms with E-state index in [0.29, 0.717) is 31.5 Å². The van der Waals surface area contributed by atoms with Gasteiger partial charge in [-0.05, 0) is 31.4 Å². The Balaban J connectivity index is 1.73. The number of nitrogens with zero attached hydrogens (tertiary/aromatic N) is 1. The Morgan fingerprint density at radius 3 is 2.64 bits per heavy atom. The number of hydrogen-bond acceptors (Lipinski definition) is 4. The van der Waals surface area contributed by atoms with E-state index in [4.69, 9.17) is 9.47 Å². The van der Waals surface area contributed by atoms with Crippen molar-refractivity contribution in [3.05, 3.63) is 29.3 Å². The van der Waals surface area contributed by atoms with Gasteiger partial charge in [-0.25, -0.2) is 0 Å². The summed E-state index contributed by atoms with van der Waals surface area (Å²) >= 11 is 0. The maximum Gasteiger partial charge on any atom is 0.223 e. The fraction of sp³-hybridized carbons (Fsp3) is 0.650. The average molecular weight is 348 g/mol. The van der Waals surface area contributed by atoms with E-state index < -0.39 is 0 Å². The molecule has 140 valence electrons. The molecule has 1 fully saturated rings. The Bertz CT molecular complexity index is 554. The van der Waals surface area contributed by atoms with Crippen molar-refractivity contribution in [1.29, 1.82) is 0 Å². The molecule has 0 aromatic heterocycles. The first-order valence-corrected chi connectivity index (χ1v) is 9.26. The van der Waals surface area contributed by atoms with E-state index in [9.17, 15) is 4.79 Å². The van der Waals surface area contributed by atoms with E-state index >= 15 is 0 Å². The Morgan fingerprint density at radius 2 is 2.00 bits per heavy atom. The minimum atomic E-state index is 0.0451. The highest BCUT2D eigenvalue weighted by Gasteiger charge is 2.24. The number of morpholine rings is 1. The third kappa shape index (κ3) is 6.33. The van der Waals surface area contributed by atoms with Crippen molar-refractivity contribution in [3.8, 4) is 5.75 Å². The molecule has 1 N–H and O–H groups in total. The number of carbonyl (C=O) groups is 1. The highest BCUT2D eigenvalue weighted by molar-refractivity contribution is 5.76. The van der Waals surface area contributed by atoms with Gasteiger partial charge in [0, 0.05) is 25.7 Å². The lowest BCUT2D eigenvalue weighted by Gasteiger charge is -2.36. The van der Waals surface area contributed by atoms with Crippen LogP contribution in [0.25, 0.3) is 0 Å². The molecule has 1 aliphatic rings. The summed E-state index contributed by atoms with van der Waals surface area (Å²) in [6, 6.07) is 6.44. The van der Waals surface area contributed by atoms with Crippen molar-refractivity contribution in [3.63, 3.8) is 0 Å². The number of rotatable bonds is 8. The van der Waals surface area contributed by atoms with Gasteiger partial charge in [-0.2, -0.15) is 0 Å². The van der Waals surface area contributed by atoms with Crippen LogP contribution in [0.4, 0.5) is 0 Å². The number of amides is 1. The first-order valence-electron chi connectivity index (χ1n) is 9.26. The molecular weight excluding hydrogens is 316 g/mol. The summed E-state index contributed by atoms with van der Waals surface area (Å²) in [6.07, 6.45) is 0.376. The molecule has 0 saturated carbocycles. The maximum absolute atomic E-state index is 12.1. The fourth-order valence-corrected chi connectivity index (χ4v) is 3.22. The SMILES string of the molecule is Cc1ccc(OCCC(=O)NCC(C(C)C)N2CCOCC2)c(C)c1. The molecule has 0 spiro atoms. The lowest BCUT2D eigenvalue weighted by Crippen LogP contribution is -2.51. The summed E-state index contributed by atoms with van der Waals surface area (Å²) in [5, 5.41) is 3.07. The molecule has 1 atom stereocenters. The molecule has 5 heteroatoms. The van der Waals surface area contributed by atoms with Crippen molar-refractivity contribution in [2.24, 2.45) is 5.92 Å². The Morgan fingerprint density at radius 1 is 1.28 bits per heavy atom. The summed E-state index contributed by atoms with van der Waals surface area (Å²) < 4.78 is 11.2. The standard InChI is InChI=1S/C20H32N2O3/c1-15(2)18(22-8-11-24-12-9-22)14-21-20(23)7-10-25-19-6-5-16(3)13-17(19)4/h5-6,13,15,18H,7-12,14H2,1-4H3,(H,21,23). The minimum Gasteiger partial charge on any atom is -0.493 e. The smallest absolute Gasteiger partial charge is 0.223 e. The fourth-order valence-electron chi connectivity index (χ4n) is 3.22. The van der Waals surface area contributed by atoms with Crippen molar-refractivity contribution < 1.29 is 14.3 Å². The van der Waals surface area contributed by atoms with Crippen LogP contribution in [0.5, 0.6) is 5.75 Å². The van der Waals surface area contributed by atoms with Crippen molar-refractivity contribution >= 4 is 5.91 Å². The highest BCUT2D eigenvalue weighted by atomic mass is 16.5. The third-order valence-corrected chi connectivity index (χ3v) is 4.71. The maximum atomic E-state index is 12.1. The summed E-state index contributed by atoms with van der Waals surface area (Å²) in [6.45, 7) is 13.0. The number of aryl methyl sites for hydroxylation is 2. The summed E-state index contributed by atoms with van der Waals surface area (Å²) in [4.78, 5) is 14.6. The second-order valence-electron chi connectivity index (χ2n) is 7.13. The van der Waals surface area contributed by atoms with Gasteiger partial charge < -0.3 is 14.8 Å². The number of carbonyl (C=O) groups excluding carboxylic acids is 1. The van der Waals surface area contributed by atoms with Gasteiger partial charge in [0.2, 0.25) is 5.91 Å². The number of ether oxygens (including phenoxy) is 2. The molecule has 1 aromatic carbocycles. The average Bonchev–Trinajstić information content (AvgIpc) is 2.57. The first-order chi connectivity index (χ1) is 12.0. The Kier molecular flexibility index (Phi) is 7.72. The minimum absolute atomic E-state index is 0.0451. The molecule has 1 aromatic rings. The van der Waals surface area contributed by atoms with Gasteiger partial charge in [0.1, 0.15) is 5.75 Å². The molecule has 1 heterocycles. The lowest BCUT2D eigenvalue weighted by molar-refractivity contribution is -0.122. The molecule has 0 bridgehead atoms. The first kappa shape index (κ1) is 19.7. The molecule has 1 amide bonds. The van der Waals surface area contributed by atoms with E-state index in [-0.39, 0.29) is 5.91 Å². The molecule has 2 rings (SSSR count). The predicted molar refractivity (Wildman–Crippen MR) is 100 cm³/mol. The second-order valence-corrected chi connectivity index (χ2v) is 7.13. The van der Waals surface area contributed by atoms with Crippen LogP contribution in [0.2, 0.25) is 0 Å². The number of benzene rings is 1. The molecule has 1 saturated heterocycles. The van der Waals surface area contributed by atoms with Crippen LogP contribution in [0.3, 0.4) is 0 Å². The summed E-state index contributed by atoms with van der Waals surface area (Å²) in [7, 11) is 0. The van der Waals surface area contributed by atoms with Crippen LogP contribution >= 0.6 is 0 Å². The van der Waals surface area contributed by atoms with E-state index in [1.165, 1.54) is 5.56 Å². The van der Waals surface area contributed by atoms with Gasteiger partial charge in [-0.15, -0.1) is 0 Å². The van der Waals surface area contributed by atoms with Crippen LogP contribution in [0, 0.1) is 19.8 Å². The molecule has 1 aliphatic heterocycles. The molecule has 1 unspecified atom stereocenters. The normalized spacial score (nSPS) is 16.7. The molecule has 25 heavy (non-hydrogen) atoms. The van der Waals surface area contributed by atoms with E-state index in [1.54, 1.807) is 0 Å². The van der Waals surface area contributed by atoms with Gasteiger partial charge in [-0.1, -0.05) is 31.5 Å². The van der Waals surface area contributed by atoms with E-state index in [2.05, 4.69) is 37.1 Å². The van der Waals surface area contributed by atoms with Crippen LogP contribution in [0.15, 0.2) is 18.2 Å². The highest BCUT2D eigenvalue weighted by Crippen LogP contribution is 2.18. The largest absolute Gasteiger partial charge is 0.493 e. The van der Waals surface area contributed by atoms with Gasteiger partial charge in [0.15, 0.2) is 0 Å². The molecule has 5 nitrogen and oxygen atoms in total. The molecule has 0 radical (unpaired) electrons. The van der Waals surface area contributed by atoms with Gasteiger partial charge in [0.05, 0.1) is 26.2 Å². The van der Waals surface area contributed by atoms with Crippen molar-refractivity contribution in [2.75, 3.05) is 39.5 Å². The van der Waals surface area contributed by atoms with Gasteiger partial charge >= 0.3 is 0 Å². The van der Waals surface area contributed by atoms with Crippen molar-refractivity contribution in [2.45, 2.75) is 40.2 Å². The van der Waals surface area contributed by atoms with Crippen molar-refractivity contribution in [1.82, 2.24) is 10.2 Å². The number of nitrogens with one attached hydrogen (secondary N) is 1. The Labute approximate surface area is 151 Å². The quantitative estimate of drug-likeness (QED) is 0.784. The monoisotopic (exact) mass is 348 g/mol. The predicted octanol–water partition coefficient (Wildman–Crippen LogP) is 2.55. The molecular formula is C20H32N2O3. The lowest BCUT2D eigenvalue weighted by atomic mass is 10.0. The Hall–Kier alpha value is -1.59. The third-order valence-electron chi connectivity index (χ3n) is 4.71. The summed E-state index contributed by atoms with van der Waals surface area (Å²) in [5.74, 6) is 1.39. The van der Waals surface area contributed by atoms with Crippen LogP contribution in [0.1, 0.15) is 31.4 Å². The molecule has 0 aliphatic carbocycles. The zero-order valence-electron chi connectivity index (χ0n) is 16.0. The number of hydrogen-bond donors (Lipinski definition) is 1. The van der Waals surface area contributed by atoms with Crippen LogP contribution in [-0.4, -0.2) is 56.3 Å². The second kappa shape index (κ2) is 9.78.